The normalized spacial score (nSPS) is 24.6. The molecular formula is C11H13ClF3N3O. The fourth-order valence-corrected chi connectivity index (χ4v) is 2.05. The molecule has 2 rings (SSSR count). The summed E-state index contributed by atoms with van der Waals surface area (Å²) in [6, 6.07) is 2.27. The molecule has 0 saturated carbocycles. The summed E-state index contributed by atoms with van der Waals surface area (Å²) in [5.74, 6) is 0.732. The van der Waals surface area contributed by atoms with Gasteiger partial charge in [0.15, 0.2) is 11.5 Å². The van der Waals surface area contributed by atoms with Crippen LogP contribution in [0.5, 0.6) is 0 Å². The minimum Gasteiger partial charge on any atom is -0.373 e. The first-order valence-corrected chi connectivity index (χ1v) is 6.30. The highest BCUT2D eigenvalue weighted by molar-refractivity contribution is 6.18. The molecule has 0 aromatic carbocycles. The van der Waals surface area contributed by atoms with Crippen LogP contribution in [0.1, 0.15) is 12.6 Å². The third-order valence-electron chi connectivity index (χ3n) is 2.91. The van der Waals surface area contributed by atoms with E-state index in [1.807, 2.05) is 11.8 Å². The Kier molecular flexibility index (Phi) is 4.15. The van der Waals surface area contributed by atoms with Crippen LogP contribution < -0.4 is 4.90 Å². The molecule has 106 valence electrons. The van der Waals surface area contributed by atoms with Gasteiger partial charge in [0, 0.05) is 6.54 Å². The highest BCUT2D eigenvalue weighted by Crippen LogP contribution is 2.28. The van der Waals surface area contributed by atoms with Crippen LogP contribution in [0.15, 0.2) is 12.1 Å². The molecule has 0 radical (unpaired) electrons. The van der Waals surface area contributed by atoms with Crippen LogP contribution in [-0.4, -0.2) is 41.4 Å². The molecule has 2 atom stereocenters. The Labute approximate surface area is 113 Å². The highest BCUT2D eigenvalue weighted by Gasteiger charge is 2.34. The number of ether oxygens (including phenoxy) is 1. The number of morpholine rings is 1. The number of hydrogen-bond acceptors (Lipinski definition) is 4. The van der Waals surface area contributed by atoms with Crippen molar-refractivity contribution in [2.75, 3.05) is 23.9 Å². The van der Waals surface area contributed by atoms with Crippen LogP contribution in [0.4, 0.5) is 19.0 Å². The summed E-state index contributed by atoms with van der Waals surface area (Å²) in [7, 11) is 0. The molecule has 1 fully saturated rings. The van der Waals surface area contributed by atoms with Gasteiger partial charge in [-0.25, -0.2) is 0 Å². The smallest absolute Gasteiger partial charge is 0.373 e. The first-order chi connectivity index (χ1) is 8.91. The summed E-state index contributed by atoms with van der Waals surface area (Å²) in [6.45, 7) is 2.86. The van der Waals surface area contributed by atoms with E-state index in [9.17, 15) is 13.2 Å². The maximum atomic E-state index is 12.4. The minimum absolute atomic E-state index is 0.0190. The lowest BCUT2D eigenvalue weighted by atomic mass is 10.2. The van der Waals surface area contributed by atoms with Crippen molar-refractivity contribution < 1.29 is 17.9 Å². The van der Waals surface area contributed by atoms with Crippen LogP contribution in [0.25, 0.3) is 0 Å². The second-order valence-corrected chi connectivity index (χ2v) is 4.69. The predicted octanol–water partition coefficient (Wildman–Crippen LogP) is 2.33. The molecule has 1 saturated heterocycles. The first kappa shape index (κ1) is 14.3. The molecule has 0 amide bonds. The van der Waals surface area contributed by atoms with E-state index >= 15 is 0 Å². The van der Waals surface area contributed by atoms with Gasteiger partial charge in [0.05, 0.1) is 24.6 Å². The van der Waals surface area contributed by atoms with Gasteiger partial charge in [-0.2, -0.15) is 13.2 Å². The van der Waals surface area contributed by atoms with Gasteiger partial charge in [-0.15, -0.1) is 21.8 Å². The number of rotatable bonds is 2. The maximum Gasteiger partial charge on any atom is 0.435 e. The average molecular weight is 296 g/mol. The second-order valence-electron chi connectivity index (χ2n) is 4.39. The second kappa shape index (κ2) is 5.50. The van der Waals surface area contributed by atoms with Crippen molar-refractivity contribution >= 4 is 17.4 Å². The summed E-state index contributed by atoms with van der Waals surface area (Å²) in [5.41, 5.74) is -0.994. The van der Waals surface area contributed by atoms with Crippen LogP contribution >= 0.6 is 11.6 Å². The van der Waals surface area contributed by atoms with Gasteiger partial charge in [-0.3, -0.25) is 0 Å². The monoisotopic (exact) mass is 295 g/mol. The molecule has 1 aromatic rings. The summed E-state index contributed by atoms with van der Waals surface area (Å²) in [6.07, 6.45) is -4.62. The molecule has 0 aliphatic carbocycles. The lowest BCUT2D eigenvalue weighted by molar-refractivity contribution is -0.141. The Morgan fingerprint density at radius 2 is 2.16 bits per heavy atom. The van der Waals surface area contributed by atoms with E-state index in [-0.39, 0.29) is 12.1 Å². The molecule has 8 heteroatoms. The number of halogens is 4. The summed E-state index contributed by atoms with van der Waals surface area (Å²) < 4.78 is 42.7. The third kappa shape index (κ3) is 3.27. The van der Waals surface area contributed by atoms with E-state index in [0.29, 0.717) is 24.8 Å². The highest BCUT2D eigenvalue weighted by atomic mass is 35.5. The number of aromatic nitrogens is 2. The first-order valence-electron chi connectivity index (χ1n) is 5.77. The van der Waals surface area contributed by atoms with Crippen molar-refractivity contribution in [2.24, 2.45) is 0 Å². The van der Waals surface area contributed by atoms with Gasteiger partial charge < -0.3 is 9.64 Å². The van der Waals surface area contributed by atoms with Gasteiger partial charge >= 0.3 is 6.18 Å². The molecule has 1 aliphatic rings. The molecule has 2 heterocycles. The van der Waals surface area contributed by atoms with E-state index in [4.69, 9.17) is 16.3 Å². The minimum atomic E-state index is -4.47. The largest absolute Gasteiger partial charge is 0.435 e. The van der Waals surface area contributed by atoms with Crippen LogP contribution in [0, 0.1) is 0 Å². The zero-order valence-corrected chi connectivity index (χ0v) is 10.9. The van der Waals surface area contributed by atoms with Crippen LogP contribution in [0.3, 0.4) is 0 Å². The van der Waals surface area contributed by atoms with Crippen molar-refractivity contribution in [1.29, 1.82) is 0 Å². The lowest BCUT2D eigenvalue weighted by Gasteiger charge is -2.37. The Bertz CT molecular complexity index is 426. The van der Waals surface area contributed by atoms with Crippen molar-refractivity contribution in [3.63, 3.8) is 0 Å². The van der Waals surface area contributed by atoms with Gasteiger partial charge in [0.1, 0.15) is 0 Å². The summed E-state index contributed by atoms with van der Waals surface area (Å²) >= 11 is 5.73. The molecule has 2 unspecified atom stereocenters. The Hall–Kier alpha value is -1.08. The molecule has 0 N–H and O–H groups in total. The average Bonchev–Trinajstić information content (AvgIpc) is 2.38. The van der Waals surface area contributed by atoms with Crippen molar-refractivity contribution in [3.05, 3.63) is 17.8 Å². The van der Waals surface area contributed by atoms with E-state index in [0.717, 1.165) is 6.07 Å². The topological polar surface area (TPSA) is 38.2 Å². The van der Waals surface area contributed by atoms with Crippen molar-refractivity contribution in [3.8, 4) is 0 Å². The fourth-order valence-electron chi connectivity index (χ4n) is 1.86. The summed E-state index contributed by atoms with van der Waals surface area (Å²) in [5, 5.41) is 6.87. The molecule has 4 nitrogen and oxygen atoms in total. The molecule has 1 aromatic heterocycles. The lowest BCUT2D eigenvalue weighted by Crippen LogP contribution is -2.49. The quantitative estimate of drug-likeness (QED) is 0.785. The molecule has 0 bridgehead atoms. The molecule has 0 spiro atoms. The Morgan fingerprint density at radius 1 is 1.42 bits per heavy atom. The van der Waals surface area contributed by atoms with Gasteiger partial charge in [0.2, 0.25) is 0 Å². The molecule has 19 heavy (non-hydrogen) atoms. The van der Waals surface area contributed by atoms with Gasteiger partial charge in [0.25, 0.3) is 0 Å². The zero-order valence-electron chi connectivity index (χ0n) is 10.2. The summed E-state index contributed by atoms with van der Waals surface area (Å²) in [4.78, 5) is 1.85. The Balaban J connectivity index is 2.16. The van der Waals surface area contributed by atoms with Gasteiger partial charge in [-0.05, 0) is 19.1 Å². The number of alkyl halides is 4. The van der Waals surface area contributed by atoms with E-state index < -0.39 is 11.9 Å². The number of nitrogens with zero attached hydrogens (tertiary/aromatic N) is 3. The third-order valence-corrected chi connectivity index (χ3v) is 3.26. The predicted molar refractivity (Wildman–Crippen MR) is 64.3 cm³/mol. The van der Waals surface area contributed by atoms with E-state index in [1.54, 1.807) is 0 Å². The standard InChI is InChI=1S/C11H13ClF3N3O/c1-7-6-19-8(4-12)5-18(7)10-3-2-9(16-17-10)11(13,14)15/h2-3,7-8H,4-6H2,1H3. The van der Waals surface area contributed by atoms with Crippen LogP contribution in [0.2, 0.25) is 0 Å². The van der Waals surface area contributed by atoms with E-state index in [1.165, 1.54) is 6.07 Å². The number of hydrogen-bond donors (Lipinski definition) is 0. The van der Waals surface area contributed by atoms with E-state index in [2.05, 4.69) is 10.2 Å². The Morgan fingerprint density at radius 3 is 2.68 bits per heavy atom. The van der Waals surface area contributed by atoms with Crippen molar-refractivity contribution in [2.45, 2.75) is 25.2 Å². The fraction of sp³-hybridized carbons (Fsp3) is 0.636. The van der Waals surface area contributed by atoms with Crippen LogP contribution in [-0.2, 0) is 10.9 Å². The SMILES string of the molecule is CC1COC(CCl)CN1c1ccc(C(F)(F)F)nn1. The van der Waals surface area contributed by atoms with Gasteiger partial charge in [-0.1, -0.05) is 0 Å². The zero-order chi connectivity index (χ0) is 14.0. The number of anilines is 1. The molecular weight excluding hydrogens is 283 g/mol. The maximum absolute atomic E-state index is 12.4. The van der Waals surface area contributed by atoms with Crippen molar-refractivity contribution in [1.82, 2.24) is 10.2 Å². The molecule has 1 aliphatic heterocycles.